The predicted molar refractivity (Wildman–Crippen MR) is 82.4 cm³/mol. The Labute approximate surface area is 135 Å². The quantitative estimate of drug-likeness (QED) is 0.735. The van der Waals surface area contributed by atoms with E-state index < -0.39 is 11.2 Å². The fourth-order valence-electron chi connectivity index (χ4n) is 3.17. The maximum absolute atomic E-state index is 13.7. The van der Waals surface area contributed by atoms with Gasteiger partial charge in [-0.1, -0.05) is 0 Å². The molecule has 0 N–H and O–H groups in total. The van der Waals surface area contributed by atoms with Gasteiger partial charge >= 0.3 is 6.09 Å². The van der Waals surface area contributed by atoms with Crippen molar-refractivity contribution in [3.8, 4) is 0 Å². The molecule has 23 heavy (non-hydrogen) atoms. The molecule has 1 aromatic rings. The third-order valence-electron chi connectivity index (χ3n) is 4.39. The van der Waals surface area contributed by atoms with Crippen LogP contribution < -0.4 is 0 Å². The van der Waals surface area contributed by atoms with Gasteiger partial charge in [0, 0.05) is 18.7 Å². The molecule has 1 aromatic heterocycles. The monoisotopic (exact) mass is 322 g/mol. The van der Waals surface area contributed by atoms with Gasteiger partial charge in [-0.3, -0.25) is 4.98 Å². The molecule has 0 aliphatic carbocycles. The number of carbonyl (C=O) groups is 1. The lowest BCUT2D eigenvalue weighted by atomic mass is 9.87. The molecule has 1 amide bonds. The molecule has 0 atom stereocenters. The smallest absolute Gasteiger partial charge is 0.410 e. The van der Waals surface area contributed by atoms with Crippen molar-refractivity contribution in [2.24, 2.45) is 0 Å². The van der Waals surface area contributed by atoms with Gasteiger partial charge in [0.05, 0.1) is 18.0 Å². The Morgan fingerprint density at radius 3 is 2.65 bits per heavy atom. The number of ether oxygens (including phenoxy) is 2. The molecule has 0 bridgehead atoms. The molecule has 0 unspecified atom stereocenters. The van der Waals surface area contributed by atoms with Crippen molar-refractivity contribution < 1.29 is 18.7 Å². The van der Waals surface area contributed by atoms with E-state index >= 15 is 0 Å². The van der Waals surface area contributed by atoms with Crippen molar-refractivity contribution in [3.05, 3.63) is 28.8 Å². The van der Waals surface area contributed by atoms with Crippen LogP contribution in [0.15, 0.2) is 6.07 Å². The summed E-state index contributed by atoms with van der Waals surface area (Å²) in [5.41, 5.74) is 1.05. The SMILES string of the molecule is Cc1nc2c(cc1F)COC21CCN(C(=O)OC(C)(C)C)CC1. The highest BCUT2D eigenvalue weighted by Crippen LogP contribution is 2.43. The van der Waals surface area contributed by atoms with Crippen molar-refractivity contribution in [3.63, 3.8) is 0 Å². The Kier molecular flexibility index (Phi) is 3.83. The van der Waals surface area contributed by atoms with Gasteiger partial charge in [-0.15, -0.1) is 0 Å². The van der Waals surface area contributed by atoms with Crippen LogP contribution in [0.1, 0.15) is 50.6 Å². The zero-order valence-electron chi connectivity index (χ0n) is 14.1. The van der Waals surface area contributed by atoms with Crippen molar-refractivity contribution in [1.29, 1.82) is 0 Å². The number of piperidine rings is 1. The maximum Gasteiger partial charge on any atom is 0.410 e. The van der Waals surface area contributed by atoms with Crippen LogP contribution in [-0.2, 0) is 21.7 Å². The van der Waals surface area contributed by atoms with Crippen molar-refractivity contribution in [2.45, 2.75) is 58.3 Å². The van der Waals surface area contributed by atoms with Crippen LogP contribution in [0.2, 0.25) is 0 Å². The molecule has 1 fully saturated rings. The number of hydrogen-bond donors (Lipinski definition) is 0. The Morgan fingerprint density at radius 2 is 2.04 bits per heavy atom. The highest BCUT2D eigenvalue weighted by atomic mass is 19.1. The summed E-state index contributed by atoms with van der Waals surface area (Å²) in [5.74, 6) is -0.296. The van der Waals surface area contributed by atoms with E-state index in [1.807, 2.05) is 20.8 Å². The number of aryl methyl sites for hydroxylation is 1. The van der Waals surface area contributed by atoms with Gasteiger partial charge in [-0.2, -0.15) is 0 Å². The molecule has 3 rings (SSSR count). The number of pyridine rings is 1. The minimum absolute atomic E-state index is 0.296. The molecule has 2 aliphatic heterocycles. The second kappa shape index (κ2) is 5.44. The van der Waals surface area contributed by atoms with E-state index in [0.29, 0.717) is 38.2 Å². The predicted octanol–water partition coefficient (Wildman–Crippen LogP) is 3.29. The highest BCUT2D eigenvalue weighted by molar-refractivity contribution is 5.68. The van der Waals surface area contributed by atoms with E-state index in [4.69, 9.17) is 9.47 Å². The summed E-state index contributed by atoms with van der Waals surface area (Å²) in [6.07, 6.45) is 1.00. The number of fused-ring (bicyclic) bond motifs is 2. The van der Waals surface area contributed by atoms with Gasteiger partial charge in [-0.25, -0.2) is 9.18 Å². The summed E-state index contributed by atoms with van der Waals surface area (Å²) in [7, 11) is 0. The number of halogens is 1. The number of aromatic nitrogens is 1. The second-order valence-corrected chi connectivity index (χ2v) is 7.31. The first kappa shape index (κ1) is 16.2. The van der Waals surface area contributed by atoms with Gasteiger partial charge in [0.2, 0.25) is 0 Å². The van der Waals surface area contributed by atoms with E-state index in [0.717, 1.165) is 11.3 Å². The molecule has 0 aromatic carbocycles. The first-order valence-electron chi connectivity index (χ1n) is 7.99. The molecule has 126 valence electrons. The zero-order chi connectivity index (χ0) is 16.8. The number of hydrogen-bond acceptors (Lipinski definition) is 4. The number of carbonyl (C=O) groups excluding carboxylic acids is 1. The third kappa shape index (κ3) is 3.04. The molecule has 3 heterocycles. The molecule has 2 aliphatic rings. The molecule has 6 heteroatoms. The molecule has 1 spiro atoms. The van der Waals surface area contributed by atoms with E-state index in [1.165, 1.54) is 6.07 Å². The molecular formula is C17H23FN2O3. The lowest BCUT2D eigenvalue weighted by Crippen LogP contribution is -2.47. The highest BCUT2D eigenvalue weighted by Gasteiger charge is 2.45. The fraction of sp³-hybridized carbons (Fsp3) is 0.647. The summed E-state index contributed by atoms with van der Waals surface area (Å²) < 4.78 is 25.1. The molecular weight excluding hydrogens is 299 g/mol. The Hall–Kier alpha value is -1.69. The van der Waals surface area contributed by atoms with Gasteiger partial charge in [0.25, 0.3) is 0 Å². The van der Waals surface area contributed by atoms with Crippen molar-refractivity contribution in [2.75, 3.05) is 13.1 Å². The van der Waals surface area contributed by atoms with Crippen LogP contribution in [0.4, 0.5) is 9.18 Å². The zero-order valence-corrected chi connectivity index (χ0v) is 14.1. The first-order valence-corrected chi connectivity index (χ1v) is 7.99. The van der Waals surface area contributed by atoms with E-state index in [-0.39, 0.29) is 11.9 Å². The van der Waals surface area contributed by atoms with E-state index in [1.54, 1.807) is 11.8 Å². The van der Waals surface area contributed by atoms with Gasteiger partial charge < -0.3 is 14.4 Å². The lowest BCUT2D eigenvalue weighted by Gasteiger charge is -2.39. The minimum Gasteiger partial charge on any atom is -0.444 e. The standard InChI is InChI=1S/C17H23FN2O3/c1-11-13(18)9-12-10-22-17(14(12)19-11)5-7-20(8-6-17)15(21)23-16(2,3)4/h9H,5-8,10H2,1-4H3. The van der Waals surface area contributed by atoms with Gasteiger partial charge in [0.15, 0.2) is 0 Å². The Balaban J connectivity index is 1.73. The van der Waals surface area contributed by atoms with Crippen molar-refractivity contribution in [1.82, 2.24) is 9.88 Å². The normalized spacial score (nSPS) is 19.8. The molecule has 1 saturated heterocycles. The average Bonchev–Trinajstić information content (AvgIpc) is 2.77. The van der Waals surface area contributed by atoms with Crippen LogP contribution in [-0.4, -0.2) is 34.7 Å². The van der Waals surface area contributed by atoms with Gasteiger partial charge in [0.1, 0.15) is 17.0 Å². The number of nitrogens with zero attached hydrogens (tertiary/aromatic N) is 2. The summed E-state index contributed by atoms with van der Waals surface area (Å²) in [4.78, 5) is 18.3. The maximum atomic E-state index is 13.7. The van der Waals surface area contributed by atoms with E-state index in [2.05, 4.69) is 4.98 Å². The largest absolute Gasteiger partial charge is 0.444 e. The average molecular weight is 322 g/mol. The van der Waals surface area contributed by atoms with Crippen LogP contribution in [0.5, 0.6) is 0 Å². The summed E-state index contributed by atoms with van der Waals surface area (Å²) in [6.45, 7) is 8.71. The Morgan fingerprint density at radius 1 is 1.39 bits per heavy atom. The molecule has 5 nitrogen and oxygen atoms in total. The van der Waals surface area contributed by atoms with Crippen LogP contribution in [0.3, 0.4) is 0 Å². The molecule has 0 radical (unpaired) electrons. The second-order valence-electron chi connectivity index (χ2n) is 7.31. The summed E-state index contributed by atoms with van der Waals surface area (Å²) in [5, 5.41) is 0. The Bertz CT molecular complexity index is 631. The van der Waals surface area contributed by atoms with Crippen molar-refractivity contribution >= 4 is 6.09 Å². The fourth-order valence-corrected chi connectivity index (χ4v) is 3.17. The van der Waals surface area contributed by atoms with E-state index in [9.17, 15) is 9.18 Å². The minimum atomic E-state index is -0.501. The van der Waals surface area contributed by atoms with Gasteiger partial charge in [-0.05, 0) is 46.6 Å². The number of likely N-dealkylation sites (tertiary alicyclic amines) is 1. The summed E-state index contributed by atoms with van der Waals surface area (Å²) in [6, 6.07) is 1.52. The van der Waals surface area contributed by atoms with Crippen LogP contribution in [0, 0.1) is 12.7 Å². The number of amides is 1. The topological polar surface area (TPSA) is 51.7 Å². The summed E-state index contributed by atoms with van der Waals surface area (Å²) >= 11 is 0. The number of rotatable bonds is 0. The first-order chi connectivity index (χ1) is 10.7. The lowest BCUT2D eigenvalue weighted by molar-refractivity contribution is -0.0817. The van der Waals surface area contributed by atoms with Crippen LogP contribution in [0.25, 0.3) is 0 Å². The van der Waals surface area contributed by atoms with Crippen LogP contribution >= 0.6 is 0 Å². The third-order valence-corrected chi connectivity index (χ3v) is 4.39. The molecule has 0 saturated carbocycles.